The molecule has 3 nitrogen and oxygen atoms in total. The molecule has 1 atom stereocenters. The third-order valence-corrected chi connectivity index (χ3v) is 2.83. The van der Waals surface area contributed by atoms with Crippen molar-refractivity contribution < 1.29 is 9.84 Å². The molecule has 0 fully saturated rings. The SMILES string of the molecule is COc1ccc(Cl)cc1NC(C)C(C)(C)O. The van der Waals surface area contributed by atoms with Gasteiger partial charge in [-0.2, -0.15) is 0 Å². The van der Waals surface area contributed by atoms with Crippen molar-refractivity contribution in [3.8, 4) is 5.75 Å². The Balaban J connectivity index is 2.91. The lowest BCUT2D eigenvalue weighted by molar-refractivity contribution is 0.0648. The Hall–Kier alpha value is -0.930. The molecular weight excluding hydrogens is 226 g/mol. The Labute approximate surface area is 101 Å². The van der Waals surface area contributed by atoms with E-state index < -0.39 is 5.60 Å². The van der Waals surface area contributed by atoms with Crippen molar-refractivity contribution >= 4 is 17.3 Å². The number of rotatable bonds is 4. The number of aliphatic hydroxyl groups is 1. The fourth-order valence-corrected chi connectivity index (χ4v) is 1.37. The van der Waals surface area contributed by atoms with Crippen LogP contribution in [0.2, 0.25) is 5.02 Å². The average Bonchev–Trinajstić information content (AvgIpc) is 2.16. The van der Waals surface area contributed by atoms with E-state index in [1.165, 1.54) is 0 Å². The second-order valence-electron chi connectivity index (χ2n) is 4.36. The monoisotopic (exact) mass is 243 g/mol. The molecule has 0 amide bonds. The number of hydrogen-bond donors (Lipinski definition) is 2. The summed E-state index contributed by atoms with van der Waals surface area (Å²) in [5, 5.41) is 13.7. The summed E-state index contributed by atoms with van der Waals surface area (Å²) >= 11 is 5.91. The van der Waals surface area contributed by atoms with Crippen LogP contribution >= 0.6 is 11.6 Å². The molecule has 1 aromatic carbocycles. The standard InChI is InChI=1S/C12H18ClNO2/c1-8(12(2,3)15)14-10-7-9(13)5-6-11(10)16-4/h5-8,14-15H,1-4H3. The van der Waals surface area contributed by atoms with Gasteiger partial charge in [0.1, 0.15) is 5.75 Å². The van der Waals surface area contributed by atoms with E-state index in [-0.39, 0.29) is 6.04 Å². The molecule has 2 N–H and O–H groups in total. The van der Waals surface area contributed by atoms with Crippen LogP contribution in [0.15, 0.2) is 18.2 Å². The molecule has 4 heteroatoms. The van der Waals surface area contributed by atoms with Gasteiger partial charge < -0.3 is 15.2 Å². The second-order valence-corrected chi connectivity index (χ2v) is 4.80. The lowest BCUT2D eigenvalue weighted by atomic mass is 10.0. The summed E-state index contributed by atoms with van der Waals surface area (Å²) in [6.45, 7) is 5.41. The highest BCUT2D eigenvalue weighted by molar-refractivity contribution is 6.30. The van der Waals surface area contributed by atoms with Crippen molar-refractivity contribution in [1.29, 1.82) is 0 Å². The van der Waals surface area contributed by atoms with Gasteiger partial charge in [0.15, 0.2) is 0 Å². The predicted molar refractivity (Wildman–Crippen MR) is 67.4 cm³/mol. The number of halogens is 1. The molecule has 16 heavy (non-hydrogen) atoms. The van der Waals surface area contributed by atoms with Crippen LogP contribution in [0.5, 0.6) is 5.75 Å². The highest BCUT2D eigenvalue weighted by atomic mass is 35.5. The molecule has 0 radical (unpaired) electrons. The van der Waals surface area contributed by atoms with Crippen LogP contribution in [0.4, 0.5) is 5.69 Å². The number of methoxy groups -OCH3 is 1. The van der Waals surface area contributed by atoms with Crippen LogP contribution in [-0.2, 0) is 0 Å². The molecule has 1 aromatic rings. The maximum Gasteiger partial charge on any atom is 0.142 e. The van der Waals surface area contributed by atoms with Gasteiger partial charge in [-0.1, -0.05) is 11.6 Å². The lowest BCUT2D eigenvalue weighted by Gasteiger charge is -2.28. The van der Waals surface area contributed by atoms with Crippen molar-refractivity contribution in [2.24, 2.45) is 0 Å². The van der Waals surface area contributed by atoms with Gasteiger partial charge in [-0.25, -0.2) is 0 Å². The minimum absolute atomic E-state index is 0.111. The summed E-state index contributed by atoms with van der Waals surface area (Å²) in [6.07, 6.45) is 0. The summed E-state index contributed by atoms with van der Waals surface area (Å²) in [7, 11) is 1.60. The predicted octanol–water partition coefficient (Wildman–Crippen LogP) is 2.92. The Bertz CT molecular complexity index is 361. The quantitative estimate of drug-likeness (QED) is 0.855. The molecule has 0 aliphatic rings. The molecule has 0 aliphatic heterocycles. The van der Waals surface area contributed by atoms with Crippen molar-refractivity contribution in [3.63, 3.8) is 0 Å². The maximum absolute atomic E-state index is 9.84. The van der Waals surface area contributed by atoms with E-state index in [9.17, 15) is 5.11 Å². The first-order valence-corrected chi connectivity index (χ1v) is 5.55. The highest BCUT2D eigenvalue weighted by Crippen LogP contribution is 2.29. The first kappa shape index (κ1) is 13.1. The van der Waals surface area contributed by atoms with Gasteiger partial charge in [0.05, 0.1) is 24.4 Å². The summed E-state index contributed by atoms with van der Waals surface area (Å²) < 4.78 is 5.21. The van der Waals surface area contributed by atoms with E-state index >= 15 is 0 Å². The van der Waals surface area contributed by atoms with Crippen LogP contribution in [-0.4, -0.2) is 23.9 Å². The van der Waals surface area contributed by atoms with E-state index in [0.717, 1.165) is 5.69 Å². The van der Waals surface area contributed by atoms with Gasteiger partial charge in [0.25, 0.3) is 0 Å². The van der Waals surface area contributed by atoms with Crippen LogP contribution in [0.25, 0.3) is 0 Å². The van der Waals surface area contributed by atoms with Crippen molar-refractivity contribution in [1.82, 2.24) is 0 Å². The zero-order chi connectivity index (χ0) is 12.3. The van der Waals surface area contributed by atoms with Gasteiger partial charge in [0, 0.05) is 5.02 Å². The number of ether oxygens (including phenoxy) is 1. The van der Waals surface area contributed by atoms with Crippen molar-refractivity contribution in [2.75, 3.05) is 12.4 Å². The van der Waals surface area contributed by atoms with Gasteiger partial charge in [-0.3, -0.25) is 0 Å². The molecule has 0 bridgehead atoms. The average molecular weight is 244 g/mol. The van der Waals surface area contributed by atoms with Crippen molar-refractivity contribution in [3.05, 3.63) is 23.2 Å². The zero-order valence-electron chi connectivity index (χ0n) is 10.0. The second kappa shape index (κ2) is 4.93. The van der Waals surface area contributed by atoms with E-state index in [2.05, 4.69) is 5.32 Å². The molecule has 0 saturated carbocycles. The largest absolute Gasteiger partial charge is 0.495 e. The first-order chi connectivity index (χ1) is 7.34. The minimum Gasteiger partial charge on any atom is -0.495 e. The normalized spacial score (nSPS) is 13.4. The maximum atomic E-state index is 9.84. The number of anilines is 1. The van der Waals surface area contributed by atoms with Crippen LogP contribution in [0.1, 0.15) is 20.8 Å². The summed E-state index contributed by atoms with van der Waals surface area (Å²) in [6, 6.07) is 5.23. The van der Waals surface area contributed by atoms with Crippen LogP contribution < -0.4 is 10.1 Å². The third-order valence-electron chi connectivity index (χ3n) is 2.59. The van der Waals surface area contributed by atoms with E-state index in [4.69, 9.17) is 16.3 Å². The number of hydrogen-bond acceptors (Lipinski definition) is 3. The topological polar surface area (TPSA) is 41.5 Å². The van der Waals surface area contributed by atoms with Gasteiger partial charge in [0.2, 0.25) is 0 Å². The Kier molecular flexibility index (Phi) is 4.05. The number of nitrogens with one attached hydrogen (secondary N) is 1. The first-order valence-electron chi connectivity index (χ1n) is 5.17. The Morgan fingerprint density at radius 3 is 2.56 bits per heavy atom. The fourth-order valence-electron chi connectivity index (χ4n) is 1.20. The zero-order valence-corrected chi connectivity index (χ0v) is 10.8. The molecule has 1 unspecified atom stereocenters. The molecule has 90 valence electrons. The number of benzene rings is 1. The molecule has 0 heterocycles. The molecule has 0 aliphatic carbocycles. The summed E-state index contributed by atoms with van der Waals surface area (Å²) in [5.41, 5.74) is -0.0301. The fraction of sp³-hybridized carbons (Fsp3) is 0.500. The van der Waals surface area contributed by atoms with Gasteiger partial charge in [-0.05, 0) is 39.0 Å². The highest BCUT2D eigenvalue weighted by Gasteiger charge is 2.22. The molecule has 1 rings (SSSR count). The molecule has 0 spiro atoms. The molecule has 0 aromatic heterocycles. The van der Waals surface area contributed by atoms with E-state index in [1.54, 1.807) is 39.2 Å². The summed E-state index contributed by atoms with van der Waals surface area (Å²) in [4.78, 5) is 0. The Morgan fingerprint density at radius 2 is 2.06 bits per heavy atom. The van der Waals surface area contributed by atoms with Gasteiger partial charge in [-0.15, -0.1) is 0 Å². The third kappa shape index (κ3) is 3.29. The van der Waals surface area contributed by atoms with Crippen LogP contribution in [0, 0.1) is 0 Å². The van der Waals surface area contributed by atoms with E-state index in [1.807, 2.05) is 6.92 Å². The van der Waals surface area contributed by atoms with Crippen molar-refractivity contribution in [2.45, 2.75) is 32.4 Å². The minimum atomic E-state index is -0.812. The molecule has 0 saturated heterocycles. The van der Waals surface area contributed by atoms with E-state index in [0.29, 0.717) is 10.8 Å². The van der Waals surface area contributed by atoms with Crippen LogP contribution in [0.3, 0.4) is 0 Å². The molecular formula is C12H18ClNO2. The smallest absolute Gasteiger partial charge is 0.142 e. The lowest BCUT2D eigenvalue weighted by Crippen LogP contribution is -2.39. The summed E-state index contributed by atoms with van der Waals surface area (Å²) in [5.74, 6) is 0.709. The van der Waals surface area contributed by atoms with Gasteiger partial charge >= 0.3 is 0 Å². The Morgan fingerprint density at radius 1 is 1.44 bits per heavy atom.